The molecule has 21 heavy (non-hydrogen) atoms. The summed E-state index contributed by atoms with van der Waals surface area (Å²) in [6.45, 7) is 4.37. The molecule has 0 saturated heterocycles. The van der Waals surface area contributed by atoms with Crippen molar-refractivity contribution in [3.63, 3.8) is 0 Å². The third kappa shape index (κ3) is 7.67. The van der Waals surface area contributed by atoms with Gasteiger partial charge in [0.2, 0.25) is 0 Å². The molecule has 1 rings (SSSR count). The highest BCUT2D eigenvalue weighted by atomic mass is 35.5. The fraction of sp³-hybridized carbons (Fsp3) is 0.778. The van der Waals surface area contributed by atoms with E-state index < -0.39 is 0 Å². The van der Waals surface area contributed by atoms with Gasteiger partial charge < -0.3 is 5.32 Å². The van der Waals surface area contributed by atoms with E-state index in [0.717, 1.165) is 4.34 Å². The average Bonchev–Trinajstić information content (AvgIpc) is 2.80. The highest BCUT2D eigenvalue weighted by molar-refractivity contribution is 7.16. The highest BCUT2D eigenvalue weighted by Crippen LogP contribution is 2.33. The summed E-state index contributed by atoms with van der Waals surface area (Å²) in [6, 6.07) is 2.72. The van der Waals surface area contributed by atoms with Crippen LogP contribution >= 0.6 is 22.9 Å². The Morgan fingerprint density at radius 1 is 1.05 bits per heavy atom. The van der Waals surface area contributed by atoms with Gasteiger partial charge in [-0.25, -0.2) is 0 Å². The molecule has 1 N–H and O–H groups in total. The molecule has 0 saturated carbocycles. The van der Waals surface area contributed by atoms with Crippen LogP contribution in [0, 0.1) is 6.92 Å². The molecular weight excluding hydrogens is 298 g/mol. The quantitative estimate of drug-likeness (QED) is 0.411. The van der Waals surface area contributed by atoms with E-state index in [9.17, 15) is 0 Å². The van der Waals surface area contributed by atoms with Crippen molar-refractivity contribution in [1.82, 2.24) is 5.32 Å². The first-order chi connectivity index (χ1) is 10.2. The Morgan fingerprint density at radius 2 is 1.62 bits per heavy atom. The Hall–Kier alpha value is -0.0500. The number of rotatable bonds is 12. The molecule has 1 atom stereocenters. The Labute approximate surface area is 140 Å². The van der Waals surface area contributed by atoms with Gasteiger partial charge >= 0.3 is 0 Å². The van der Waals surface area contributed by atoms with Crippen molar-refractivity contribution in [3.05, 3.63) is 20.8 Å². The second-order valence-electron chi connectivity index (χ2n) is 6.06. The minimum absolute atomic E-state index is 0.478. The predicted molar refractivity (Wildman–Crippen MR) is 97.7 cm³/mol. The minimum Gasteiger partial charge on any atom is -0.312 e. The van der Waals surface area contributed by atoms with Crippen LogP contribution in [0.15, 0.2) is 6.07 Å². The van der Waals surface area contributed by atoms with Crippen LogP contribution in [-0.4, -0.2) is 7.05 Å². The van der Waals surface area contributed by atoms with Gasteiger partial charge in [0.1, 0.15) is 0 Å². The molecule has 1 aromatic heterocycles. The molecule has 0 spiro atoms. The van der Waals surface area contributed by atoms with Crippen LogP contribution in [0.5, 0.6) is 0 Å². The first kappa shape index (κ1) is 19.0. The third-order valence-corrected chi connectivity index (χ3v) is 5.83. The number of hydrogen-bond donors (Lipinski definition) is 1. The van der Waals surface area contributed by atoms with Gasteiger partial charge in [0.15, 0.2) is 0 Å². The summed E-state index contributed by atoms with van der Waals surface area (Å²) >= 11 is 7.91. The molecule has 1 heterocycles. The van der Waals surface area contributed by atoms with E-state index in [2.05, 4.69) is 32.3 Å². The maximum atomic E-state index is 6.18. The largest absolute Gasteiger partial charge is 0.312 e. The summed E-state index contributed by atoms with van der Waals surface area (Å²) in [5.74, 6) is 0. The first-order valence-corrected chi connectivity index (χ1v) is 9.81. The minimum atomic E-state index is 0.478. The summed E-state index contributed by atoms with van der Waals surface area (Å²) in [5.41, 5.74) is 1.21. The number of thiophene rings is 1. The molecule has 1 unspecified atom stereocenters. The monoisotopic (exact) mass is 329 g/mol. The molecule has 0 aliphatic heterocycles. The summed E-state index contributed by atoms with van der Waals surface area (Å²) < 4.78 is 0.942. The van der Waals surface area contributed by atoms with E-state index >= 15 is 0 Å². The summed E-state index contributed by atoms with van der Waals surface area (Å²) in [6.07, 6.45) is 13.8. The maximum absolute atomic E-state index is 6.18. The number of nitrogens with one attached hydrogen (secondary N) is 1. The third-order valence-electron chi connectivity index (χ3n) is 4.16. The van der Waals surface area contributed by atoms with E-state index in [1.54, 1.807) is 11.3 Å². The average molecular weight is 330 g/mol. The first-order valence-electron chi connectivity index (χ1n) is 8.62. The number of unbranched alkanes of at least 4 members (excludes halogenated alkanes) is 8. The maximum Gasteiger partial charge on any atom is 0.0960 e. The SMILES string of the molecule is CCCCCCCCCCCC(NC)c1cc(C)c(Cl)s1. The number of hydrogen-bond acceptors (Lipinski definition) is 2. The molecular formula is C18H32ClNS. The smallest absolute Gasteiger partial charge is 0.0960 e. The van der Waals surface area contributed by atoms with Crippen molar-refractivity contribution in [2.24, 2.45) is 0 Å². The van der Waals surface area contributed by atoms with Crippen LogP contribution in [0.3, 0.4) is 0 Å². The Balaban J connectivity index is 2.10. The summed E-state index contributed by atoms with van der Waals surface area (Å²) in [4.78, 5) is 1.39. The van der Waals surface area contributed by atoms with Crippen molar-refractivity contribution in [3.8, 4) is 0 Å². The van der Waals surface area contributed by atoms with Gasteiger partial charge in [-0.15, -0.1) is 11.3 Å². The van der Waals surface area contributed by atoms with Crippen molar-refractivity contribution >= 4 is 22.9 Å². The van der Waals surface area contributed by atoms with E-state index in [4.69, 9.17) is 11.6 Å². The fourth-order valence-corrected chi connectivity index (χ4v) is 4.11. The van der Waals surface area contributed by atoms with Crippen LogP contribution < -0.4 is 5.32 Å². The molecule has 1 nitrogen and oxygen atoms in total. The second kappa shape index (κ2) is 11.5. The predicted octanol–water partition coefficient (Wildman–Crippen LogP) is 6.89. The lowest BCUT2D eigenvalue weighted by Gasteiger charge is -2.14. The zero-order valence-corrected chi connectivity index (χ0v) is 15.6. The van der Waals surface area contributed by atoms with Crippen molar-refractivity contribution in [2.75, 3.05) is 7.05 Å². The van der Waals surface area contributed by atoms with Crippen molar-refractivity contribution in [2.45, 2.75) is 84.1 Å². The van der Waals surface area contributed by atoms with E-state index in [-0.39, 0.29) is 0 Å². The highest BCUT2D eigenvalue weighted by Gasteiger charge is 2.13. The van der Waals surface area contributed by atoms with Crippen molar-refractivity contribution in [1.29, 1.82) is 0 Å². The Bertz CT molecular complexity index is 356. The van der Waals surface area contributed by atoms with Crippen LogP contribution in [0.25, 0.3) is 0 Å². The van der Waals surface area contributed by atoms with E-state index in [0.29, 0.717) is 6.04 Å². The molecule has 0 radical (unpaired) electrons. The molecule has 0 aliphatic rings. The molecule has 1 aromatic rings. The molecule has 122 valence electrons. The molecule has 0 aromatic carbocycles. The molecule has 3 heteroatoms. The van der Waals surface area contributed by atoms with E-state index in [1.165, 1.54) is 74.6 Å². The van der Waals surface area contributed by atoms with Gasteiger partial charge in [-0.05, 0) is 32.0 Å². The topological polar surface area (TPSA) is 12.0 Å². The zero-order valence-electron chi connectivity index (χ0n) is 14.0. The number of aryl methyl sites for hydroxylation is 1. The molecule has 0 fully saturated rings. The van der Waals surface area contributed by atoms with Gasteiger partial charge in [-0.1, -0.05) is 76.3 Å². The van der Waals surface area contributed by atoms with Gasteiger partial charge in [-0.3, -0.25) is 0 Å². The van der Waals surface area contributed by atoms with Gasteiger partial charge in [0.05, 0.1) is 4.34 Å². The Kier molecular flexibility index (Phi) is 10.4. The lowest BCUT2D eigenvalue weighted by Crippen LogP contribution is -2.14. The van der Waals surface area contributed by atoms with Crippen LogP contribution in [-0.2, 0) is 0 Å². The van der Waals surface area contributed by atoms with Crippen LogP contribution in [0.1, 0.15) is 87.6 Å². The van der Waals surface area contributed by atoms with Crippen LogP contribution in [0.2, 0.25) is 4.34 Å². The standard InChI is InChI=1S/C18H32ClNS/c1-4-5-6-7-8-9-10-11-12-13-16(20-3)17-14-15(2)18(19)21-17/h14,16,20H,4-13H2,1-3H3. The summed E-state index contributed by atoms with van der Waals surface area (Å²) in [7, 11) is 2.06. The fourth-order valence-electron chi connectivity index (χ4n) is 2.74. The molecule has 0 aliphatic carbocycles. The summed E-state index contributed by atoms with van der Waals surface area (Å²) in [5, 5.41) is 3.44. The molecule has 0 bridgehead atoms. The lowest BCUT2D eigenvalue weighted by molar-refractivity contribution is 0.498. The lowest BCUT2D eigenvalue weighted by atomic mass is 10.0. The zero-order chi connectivity index (χ0) is 15.5. The second-order valence-corrected chi connectivity index (χ2v) is 7.75. The van der Waals surface area contributed by atoms with Gasteiger partial charge in [0, 0.05) is 10.9 Å². The van der Waals surface area contributed by atoms with E-state index in [1.807, 2.05) is 0 Å². The Morgan fingerprint density at radius 3 is 2.10 bits per heavy atom. The number of halogens is 1. The van der Waals surface area contributed by atoms with Crippen LogP contribution in [0.4, 0.5) is 0 Å². The van der Waals surface area contributed by atoms with Gasteiger partial charge in [0.25, 0.3) is 0 Å². The van der Waals surface area contributed by atoms with Gasteiger partial charge in [-0.2, -0.15) is 0 Å². The normalized spacial score (nSPS) is 12.8. The van der Waals surface area contributed by atoms with Crippen molar-refractivity contribution < 1.29 is 0 Å². The molecule has 0 amide bonds.